The van der Waals surface area contributed by atoms with Gasteiger partial charge in [-0.15, -0.1) is 0 Å². The number of nitrogens with zero attached hydrogens (tertiary/aromatic N) is 1. The third-order valence-electron chi connectivity index (χ3n) is 2.21. The van der Waals surface area contributed by atoms with Crippen LogP contribution in [-0.2, 0) is 0 Å². The average Bonchev–Trinajstić information content (AvgIpc) is 2.73. The summed E-state index contributed by atoms with van der Waals surface area (Å²) in [5, 5.41) is 0.684. The molecule has 0 fully saturated rings. The summed E-state index contributed by atoms with van der Waals surface area (Å²) in [6.45, 7) is 1.91. The summed E-state index contributed by atoms with van der Waals surface area (Å²) in [4.78, 5) is 4.22. The van der Waals surface area contributed by atoms with E-state index in [2.05, 4.69) is 4.98 Å². The van der Waals surface area contributed by atoms with E-state index >= 15 is 0 Å². The quantitative estimate of drug-likeness (QED) is 0.826. The van der Waals surface area contributed by atoms with Crippen LogP contribution in [0, 0.1) is 6.92 Å². The van der Waals surface area contributed by atoms with Gasteiger partial charge in [-0.3, -0.25) is 0 Å². The van der Waals surface area contributed by atoms with Crippen LogP contribution in [0.1, 0.15) is 17.3 Å². The SMILES string of the molecule is Cc1coc(SCC(N)c2ccccc2)n1. The highest BCUT2D eigenvalue weighted by Crippen LogP contribution is 2.22. The largest absolute Gasteiger partial charge is 0.440 e. The predicted molar refractivity (Wildman–Crippen MR) is 65.3 cm³/mol. The van der Waals surface area contributed by atoms with Crippen molar-refractivity contribution in [3.63, 3.8) is 0 Å². The number of hydrogen-bond acceptors (Lipinski definition) is 4. The van der Waals surface area contributed by atoms with Gasteiger partial charge in [-0.1, -0.05) is 42.1 Å². The lowest BCUT2D eigenvalue weighted by Crippen LogP contribution is -2.12. The summed E-state index contributed by atoms with van der Waals surface area (Å²) in [5.74, 6) is 0.768. The Balaban J connectivity index is 1.91. The molecule has 1 heterocycles. The van der Waals surface area contributed by atoms with Crippen LogP contribution in [0.2, 0.25) is 0 Å². The standard InChI is InChI=1S/C12H14N2OS/c1-9-7-15-12(14-9)16-8-11(13)10-5-3-2-4-6-10/h2-7,11H,8,13H2,1H3. The van der Waals surface area contributed by atoms with E-state index in [1.807, 2.05) is 37.3 Å². The fourth-order valence-corrected chi connectivity index (χ4v) is 2.20. The van der Waals surface area contributed by atoms with Gasteiger partial charge in [-0.25, -0.2) is 4.98 Å². The van der Waals surface area contributed by atoms with Crippen molar-refractivity contribution in [1.29, 1.82) is 0 Å². The summed E-state index contributed by atoms with van der Waals surface area (Å²) in [6.07, 6.45) is 1.65. The van der Waals surface area contributed by atoms with Crippen LogP contribution in [0.25, 0.3) is 0 Å². The Morgan fingerprint density at radius 3 is 2.75 bits per heavy atom. The molecule has 3 nitrogen and oxygen atoms in total. The Morgan fingerprint density at radius 2 is 2.12 bits per heavy atom. The number of rotatable bonds is 4. The summed E-state index contributed by atoms with van der Waals surface area (Å²) in [6, 6.07) is 10.1. The highest BCUT2D eigenvalue weighted by molar-refractivity contribution is 7.99. The minimum atomic E-state index is 0.0124. The number of thioether (sulfide) groups is 1. The molecule has 0 aliphatic carbocycles. The molecule has 0 aliphatic rings. The second kappa shape index (κ2) is 5.18. The van der Waals surface area contributed by atoms with Gasteiger partial charge in [-0.2, -0.15) is 0 Å². The van der Waals surface area contributed by atoms with Gasteiger partial charge in [0.15, 0.2) is 0 Å². The molecule has 0 saturated carbocycles. The maximum Gasteiger partial charge on any atom is 0.255 e. The fourth-order valence-electron chi connectivity index (χ4n) is 1.36. The van der Waals surface area contributed by atoms with Crippen molar-refractivity contribution in [3.8, 4) is 0 Å². The van der Waals surface area contributed by atoms with E-state index in [1.54, 1.807) is 18.0 Å². The van der Waals surface area contributed by atoms with Crippen molar-refractivity contribution in [2.24, 2.45) is 5.73 Å². The van der Waals surface area contributed by atoms with E-state index in [4.69, 9.17) is 10.2 Å². The van der Waals surface area contributed by atoms with Gasteiger partial charge in [0.05, 0.1) is 5.69 Å². The van der Waals surface area contributed by atoms with Gasteiger partial charge >= 0.3 is 0 Å². The second-order valence-corrected chi connectivity index (χ2v) is 4.55. The zero-order valence-corrected chi connectivity index (χ0v) is 9.91. The van der Waals surface area contributed by atoms with Crippen molar-refractivity contribution in [3.05, 3.63) is 47.9 Å². The van der Waals surface area contributed by atoms with E-state index in [1.165, 1.54) is 0 Å². The Kier molecular flexibility index (Phi) is 3.64. The van der Waals surface area contributed by atoms with E-state index in [-0.39, 0.29) is 6.04 Å². The molecule has 2 aromatic rings. The first-order chi connectivity index (χ1) is 7.75. The van der Waals surface area contributed by atoms with Crippen molar-refractivity contribution in [2.75, 3.05) is 5.75 Å². The van der Waals surface area contributed by atoms with Gasteiger partial charge < -0.3 is 10.2 Å². The molecule has 0 spiro atoms. The first-order valence-electron chi connectivity index (χ1n) is 5.11. The molecular formula is C12H14N2OS. The molecule has 2 N–H and O–H groups in total. The maximum atomic E-state index is 6.06. The normalized spacial score (nSPS) is 12.6. The maximum absolute atomic E-state index is 6.06. The molecule has 0 radical (unpaired) electrons. The van der Waals surface area contributed by atoms with E-state index in [9.17, 15) is 0 Å². The number of aromatic nitrogens is 1. The van der Waals surface area contributed by atoms with Crippen LogP contribution < -0.4 is 5.73 Å². The predicted octanol–water partition coefficient (Wildman–Crippen LogP) is 2.78. The van der Waals surface area contributed by atoms with Gasteiger partial charge in [0, 0.05) is 11.8 Å². The number of hydrogen-bond donors (Lipinski definition) is 1. The van der Waals surface area contributed by atoms with Crippen molar-refractivity contribution in [1.82, 2.24) is 4.98 Å². The molecule has 16 heavy (non-hydrogen) atoms. The molecule has 1 unspecified atom stereocenters. The minimum Gasteiger partial charge on any atom is -0.440 e. The van der Waals surface area contributed by atoms with Crippen LogP contribution in [0.3, 0.4) is 0 Å². The monoisotopic (exact) mass is 234 g/mol. The van der Waals surface area contributed by atoms with Gasteiger partial charge in [0.2, 0.25) is 0 Å². The fraction of sp³-hybridized carbons (Fsp3) is 0.250. The Hall–Kier alpha value is -1.26. The van der Waals surface area contributed by atoms with Crippen LogP contribution in [0.5, 0.6) is 0 Å². The molecule has 1 atom stereocenters. The van der Waals surface area contributed by atoms with Crippen LogP contribution in [0.4, 0.5) is 0 Å². The third kappa shape index (κ3) is 2.87. The van der Waals surface area contributed by atoms with E-state index in [0.717, 1.165) is 17.0 Å². The summed E-state index contributed by atoms with van der Waals surface area (Å²) in [7, 11) is 0. The number of nitrogens with two attached hydrogens (primary N) is 1. The first kappa shape index (κ1) is 11.2. The average molecular weight is 234 g/mol. The topological polar surface area (TPSA) is 52.0 Å². The van der Waals surface area contributed by atoms with Gasteiger partial charge in [0.25, 0.3) is 5.22 Å². The molecule has 0 aliphatic heterocycles. The van der Waals surface area contributed by atoms with Crippen molar-refractivity contribution < 1.29 is 4.42 Å². The summed E-state index contributed by atoms with van der Waals surface area (Å²) < 4.78 is 5.25. The highest BCUT2D eigenvalue weighted by Gasteiger charge is 2.08. The molecule has 0 amide bonds. The van der Waals surface area contributed by atoms with Gasteiger partial charge in [0.1, 0.15) is 6.26 Å². The Morgan fingerprint density at radius 1 is 1.38 bits per heavy atom. The van der Waals surface area contributed by atoms with Crippen LogP contribution in [0.15, 0.2) is 46.2 Å². The molecule has 2 rings (SSSR count). The van der Waals surface area contributed by atoms with E-state index in [0.29, 0.717) is 5.22 Å². The van der Waals surface area contributed by atoms with Crippen molar-refractivity contribution in [2.45, 2.75) is 18.2 Å². The molecule has 1 aromatic carbocycles. The molecule has 4 heteroatoms. The summed E-state index contributed by atoms with van der Waals surface area (Å²) in [5.41, 5.74) is 8.10. The molecule has 0 saturated heterocycles. The third-order valence-corrected chi connectivity index (χ3v) is 3.17. The van der Waals surface area contributed by atoms with Crippen molar-refractivity contribution >= 4 is 11.8 Å². The zero-order valence-electron chi connectivity index (χ0n) is 9.09. The van der Waals surface area contributed by atoms with E-state index < -0.39 is 0 Å². The number of benzene rings is 1. The highest BCUT2D eigenvalue weighted by atomic mass is 32.2. The molecular weight excluding hydrogens is 220 g/mol. The lowest BCUT2D eigenvalue weighted by atomic mass is 10.1. The van der Waals surface area contributed by atoms with Crippen LogP contribution >= 0.6 is 11.8 Å². The second-order valence-electron chi connectivity index (χ2n) is 3.58. The lowest BCUT2D eigenvalue weighted by molar-refractivity contribution is 0.453. The molecule has 1 aromatic heterocycles. The zero-order chi connectivity index (χ0) is 11.4. The Labute approximate surface area is 99.1 Å². The smallest absolute Gasteiger partial charge is 0.255 e. The lowest BCUT2D eigenvalue weighted by Gasteiger charge is -2.09. The van der Waals surface area contributed by atoms with Crippen LogP contribution in [-0.4, -0.2) is 10.7 Å². The minimum absolute atomic E-state index is 0.0124. The van der Waals surface area contributed by atoms with Gasteiger partial charge in [-0.05, 0) is 12.5 Å². The molecule has 0 bridgehead atoms. The molecule has 84 valence electrons. The first-order valence-corrected chi connectivity index (χ1v) is 6.10. The summed E-state index contributed by atoms with van der Waals surface area (Å²) >= 11 is 1.54. The number of oxazole rings is 1. The number of aryl methyl sites for hydroxylation is 1. The Bertz CT molecular complexity index is 441.